The first kappa shape index (κ1) is 15.1. The fourth-order valence-corrected chi connectivity index (χ4v) is 2.85. The van der Waals surface area contributed by atoms with Gasteiger partial charge in [0.25, 0.3) is 0 Å². The molecule has 1 unspecified atom stereocenters. The number of hydrogen-bond acceptors (Lipinski definition) is 3. The van der Waals surface area contributed by atoms with E-state index in [0.29, 0.717) is 6.42 Å². The highest BCUT2D eigenvalue weighted by molar-refractivity contribution is 9.10. The molecule has 1 heterocycles. The Morgan fingerprint density at radius 1 is 1.25 bits per heavy atom. The van der Waals surface area contributed by atoms with E-state index in [1.807, 2.05) is 39.0 Å². The van der Waals surface area contributed by atoms with Gasteiger partial charge in [-0.15, -0.1) is 0 Å². The molecule has 0 spiro atoms. The number of aryl methyl sites for hydroxylation is 2. The molecule has 20 heavy (non-hydrogen) atoms. The molecule has 1 aromatic heterocycles. The topological polar surface area (TPSA) is 42.6 Å². The van der Waals surface area contributed by atoms with Crippen LogP contribution in [0.2, 0.25) is 0 Å². The van der Waals surface area contributed by atoms with Crippen molar-refractivity contribution in [2.24, 2.45) is 0 Å². The van der Waals surface area contributed by atoms with E-state index in [1.165, 1.54) is 0 Å². The van der Waals surface area contributed by atoms with Gasteiger partial charge in [-0.05, 0) is 50.1 Å². The Hall–Kier alpha value is -1.26. The van der Waals surface area contributed by atoms with Gasteiger partial charge in [0.2, 0.25) is 0 Å². The van der Waals surface area contributed by atoms with Crippen molar-refractivity contribution < 1.29 is 14.3 Å². The lowest BCUT2D eigenvalue weighted by atomic mass is 9.98. The Bertz CT molecular complexity index is 616. The molecule has 1 aromatic carbocycles. The molecule has 0 saturated heterocycles. The molecule has 0 bridgehead atoms. The summed E-state index contributed by atoms with van der Waals surface area (Å²) in [6.07, 6.45) is -0.0748. The van der Waals surface area contributed by atoms with Crippen molar-refractivity contribution in [1.82, 2.24) is 0 Å². The summed E-state index contributed by atoms with van der Waals surface area (Å²) in [6, 6.07) is 5.75. The molecule has 1 N–H and O–H groups in total. The lowest BCUT2D eigenvalue weighted by molar-refractivity contribution is 0.175. The average Bonchev–Trinajstić information content (AvgIpc) is 2.66. The molecular formula is C16H19BrO3. The number of benzene rings is 1. The number of furan rings is 1. The van der Waals surface area contributed by atoms with Crippen LogP contribution in [0.5, 0.6) is 5.75 Å². The zero-order valence-corrected chi connectivity index (χ0v) is 13.7. The van der Waals surface area contributed by atoms with Gasteiger partial charge in [-0.1, -0.05) is 15.9 Å². The summed E-state index contributed by atoms with van der Waals surface area (Å²) in [7, 11) is 1.64. The molecule has 2 aromatic rings. The van der Waals surface area contributed by atoms with Crippen molar-refractivity contribution in [3.05, 3.63) is 50.9 Å². The number of hydrogen-bond donors (Lipinski definition) is 1. The van der Waals surface area contributed by atoms with Gasteiger partial charge in [0.1, 0.15) is 17.3 Å². The van der Waals surface area contributed by atoms with E-state index in [4.69, 9.17) is 9.15 Å². The van der Waals surface area contributed by atoms with Crippen molar-refractivity contribution in [3.63, 3.8) is 0 Å². The first-order valence-corrected chi connectivity index (χ1v) is 7.30. The van der Waals surface area contributed by atoms with Gasteiger partial charge in [0.05, 0.1) is 13.2 Å². The van der Waals surface area contributed by atoms with Crippen LogP contribution in [0.4, 0.5) is 0 Å². The van der Waals surface area contributed by atoms with Gasteiger partial charge < -0.3 is 14.3 Å². The fourth-order valence-electron chi connectivity index (χ4n) is 2.44. The zero-order chi connectivity index (χ0) is 14.9. The Kier molecular flexibility index (Phi) is 4.55. The number of ether oxygens (including phenoxy) is 1. The van der Waals surface area contributed by atoms with Crippen molar-refractivity contribution in [3.8, 4) is 5.75 Å². The van der Waals surface area contributed by atoms with Gasteiger partial charge in [-0.2, -0.15) is 0 Å². The third-order valence-corrected chi connectivity index (χ3v) is 4.39. The van der Waals surface area contributed by atoms with Gasteiger partial charge in [0, 0.05) is 16.5 Å². The Morgan fingerprint density at radius 3 is 2.50 bits per heavy atom. The van der Waals surface area contributed by atoms with Crippen LogP contribution in [-0.2, 0) is 6.42 Å². The smallest absolute Gasteiger partial charge is 0.119 e. The quantitative estimate of drug-likeness (QED) is 0.905. The first-order chi connectivity index (χ1) is 9.43. The molecular weight excluding hydrogens is 320 g/mol. The number of halogens is 1. The van der Waals surface area contributed by atoms with Gasteiger partial charge in [-0.25, -0.2) is 0 Å². The van der Waals surface area contributed by atoms with E-state index in [0.717, 1.165) is 38.4 Å². The summed E-state index contributed by atoms with van der Waals surface area (Å²) in [6.45, 7) is 5.78. The monoisotopic (exact) mass is 338 g/mol. The van der Waals surface area contributed by atoms with Crippen molar-refractivity contribution in [2.45, 2.75) is 33.3 Å². The Labute approximate surface area is 127 Å². The summed E-state index contributed by atoms with van der Waals surface area (Å²) in [4.78, 5) is 0. The van der Waals surface area contributed by atoms with E-state index in [2.05, 4.69) is 15.9 Å². The van der Waals surface area contributed by atoms with Crippen molar-refractivity contribution in [2.75, 3.05) is 7.11 Å². The zero-order valence-electron chi connectivity index (χ0n) is 12.2. The van der Waals surface area contributed by atoms with E-state index in [-0.39, 0.29) is 0 Å². The Morgan fingerprint density at radius 2 is 1.95 bits per heavy atom. The first-order valence-electron chi connectivity index (χ1n) is 6.51. The highest BCUT2D eigenvalue weighted by Gasteiger charge is 2.20. The fraction of sp³-hybridized carbons (Fsp3) is 0.375. The normalized spacial score (nSPS) is 12.5. The van der Waals surface area contributed by atoms with E-state index in [9.17, 15) is 5.11 Å². The highest BCUT2D eigenvalue weighted by Crippen LogP contribution is 2.32. The molecule has 0 radical (unpaired) electrons. The van der Waals surface area contributed by atoms with E-state index in [1.54, 1.807) is 7.11 Å². The number of methoxy groups -OCH3 is 1. The molecule has 0 aliphatic heterocycles. The molecule has 1 atom stereocenters. The minimum absolute atomic E-state index is 0.512. The summed E-state index contributed by atoms with van der Waals surface area (Å²) in [5.41, 5.74) is 2.92. The molecule has 0 aliphatic carbocycles. The molecule has 108 valence electrons. The molecule has 0 amide bonds. The van der Waals surface area contributed by atoms with Gasteiger partial charge in [-0.3, -0.25) is 0 Å². The third kappa shape index (κ3) is 2.91. The van der Waals surface area contributed by atoms with Crippen molar-refractivity contribution in [1.29, 1.82) is 0 Å². The third-order valence-electron chi connectivity index (χ3n) is 3.62. The maximum atomic E-state index is 10.5. The predicted molar refractivity (Wildman–Crippen MR) is 82.3 cm³/mol. The summed E-state index contributed by atoms with van der Waals surface area (Å²) in [5, 5.41) is 10.5. The lowest BCUT2D eigenvalue weighted by Gasteiger charge is -2.13. The molecule has 2 rings (SSSR count). The minimum Gasteiger partial charge on any atom is -0.497 e. The second-order valence-electron chi connectivity index (χ2n) is 4.93. The standard InChI is InChI=1S/C16H19BrO3/c1-9-10(2)20-11(3)16(9)15(18)8-12-7-13(19-4)5-6-14(12)17/h5-7,15,18H,8H2,1-4H3. The number of aliphatic hydroxyl groups excluding tert-OH is 1. The molecule has 0 aliphatic rings. The van der Waals surface area contributed by atoms with Gasteiger partial charge >= 0.3 is 0 Å². The van der Waals surface area contributed by atoms with Crippen LogP contribution in [0.3, 0.4) is 0 Å². The molecule has 4 heteroatoms. The summed E-state index contributed by atoms with van der Waals surface area (Å²) >= 11 is 3.51. The second kappa shape index (κ2) is 6.02. The summed E-state index contributed by atoms with van der Waals surface area (Å²) in [5.74, 6) is 2.43. The lowest BCUT2D eigenvalue weighted by Crippen LogP contribution is -2.05. The van der Waals surface area contributed by atoms with Gasteiger partial charge in [0.15, 0.2) is 0 Å². The van der Waals surface area contributed by atoms with Crippen LogP contribution in [0.25, 0.3) is 0 Å². The second-order valence-corrected chi connectivity index (χ2v) is 5.78. The van der Waals surface area contributed by atoms with E-state index < -0.39 is 6.10 Å². The van der Waals surface area contributed by atoms with Crippen LogP contribution < -0.4 is 4.74 Å². The maximum Gasteiger partial charge on any atom is 0.119 e. The average molecular weight is 339 g/mol. The highest BCUT2D eigenvalue weighted by atomic mass is 79.9. The summed E-state index contributed by atoms with van der Waals surface area (Å²) < 4.78 is 11.8. The molecule has 0 fully saturated rings. The van der Waals surface area contributed by atoms with E-state index >= 15 is 0 Å². The SMILES string of the molecule is COc1ccc(Br)c(CC(O)c2c(C)oc(C)c2C)c1. The predicted octanol–water partition coefficient (Wildman–Crippen LogP) is 4.25. The van der Waals surface area contributed by atoms with Crippen LogP contribution in [0, 0.1) is 20.8 Å². The molecule has 0 saturated carbocycles. The van der Waals surface area contributed by atoms with Crippen LogP contribution in [0.15, 0.2) is 27.1 Å². The van der Waals surface area contributed by atoms with Crippen molar-refractivity contribution >= 4 is 15.9 Å². The Balaban J connectivity index is 2.29. The number of aliphatic hydroxyl groups is 1. The number of rotatable bonds is 4. The largest absolute Gasteiger partial charge is 0.497 e. The van der Waals surface area contributed by atoms with Crippen LogP contribution in [-0.4, -0.2) is 12.2 Å². The van der Waals surface area contributed by atoms with Crippen LogP contribution >= 0.6 is 15.9 Å². The maximum absolute atomic E-state index is 10.5. The minimum atomic E-state index is -0.587. The van der Waals surface area contributed by atoms with Crippen LogP contribution in [0.1, 0.15) is 34.3 Å². The molecule has 3 nitrogen and oxygen atoms in total.